The Bertz CT molecular complexity index is 205. The Morgan fingerprint density at radius 2 is 1.64 bits per heavy atom. The summed E-state index contributed by atoms with van der Waals surface area (Å²) in [5.41, 5.74) is 5.32. The van der Waals surface area contributed by atoms with E-state index in [-0.39, 0.29) is 103 Å². The van der Waals surface area contributed by atoms with Crippen molar-refractivity contribution in [3.8, 4) is 0 Å². The van der Waals surface area contributed by atoms with Crippen molar-refractivity contribution in [1.82, 2.24) is 0 Å². The Kier molecular flexibility index (Phi) is 16.8. The number of hydrogen-bond acceptors (Lipinski definition) is 0. The molecule has 0 fully saturated rings. The molecule has 11 heavy (non-hydrogen) atoms. The van der Waals surface area contributed by atoms with E-state index in [1.165, 1.54) is 15.8 Å². The topological polar surface area (TPSA) is 26.0 Å². The van der Waals surface area contributed by atoms with Crippen LogP contribution >= 0.6 is 7.51 Å². The molecule has 1 aromatic rings. The van der Waals surface area contributed by atoms with Crippen LogP contribution in [0.3, 0.4) is 0 Å². The van der Waals surface area contributed by atoms with Gasteiger partial charge in [-0.15, -0.1) is 10.9 Å². The van der Waals surface area contributed by atoms with Gasteiger partial charge >= 0.3 is 103 Å². The molecule has 5 heteroatoms. The number of thiol groups is 1. The summed E-state index contributed by atoms with van der Waals surface area (Å²) in [6.07, 6.45) is 0. The fourth-order valence-corrected chi connectivity index (χ4v) is 1.80. The SMILES string of the molecule is NP=[SH]c1ccccc1.[KH].[KH]. The summed E-state index contributed by atoms with van der Waals surface area (Å²) in [5.74, 6) is 0. The van der Waals surface area contributed by atoms with Crippen molar-refractivity contribution in [3.05, 3.63) is 30.3 Å². The van der Waals surface area contributed by atoms with E-state index in [1.807, 2.05) is 18.2 Å². The molecule has 0 unspecified atom stereocenters. The van der Waals surface area contributed by atoms with Gasteiger partial charge in [-0.1, -0.05) is 18.2 Å². The van der Waals surface area contributed by atoms with Crippen LogP contribution in [0.15, 0.2) is 35.2 Å². The second kappa shape index (κ2) is 11.2. The molecule has 2 N–H and O–H groups in total. The third kappa shape index (κ3) is 8.12. The summed E-state index contributed by atoms with van der Waals surface area (Å²) in [6.45, 7) is 0. The van der Waals surface area contributed by atoms with Gasteiger partial charge in [0, 0.05) is 12.4 Å². The molecule has 0 aliphatic carbocycles. The average molecular weight is 237 g/mol. The monoisotopic (exact) mass is 237 g/mol. The number of rotatable bonds is 1. The first-order valence-electron chi connectivity index (χ1n) is 2.59. The van der Waals surface area contributed by atoms with E-state index in [9.17, 15) is 0 Å². The molecule has 0 saturated carbocycles. The zero-order valence-electron chi connectivity index (χ0n) is 4.86. The van der Waals surface area contributed by atoms with Crippen molar-refractivity contribution in [2.24, 2.45) is 5.50 Å². The van der Waals surface area contributed by atoms with Crippen molar-refractivity contribution in [2.75, 3.05) is 0 Å². The zero-order valence-corrected chi connectivity index (χ0v) is 6.65. The van der Waals surface area contributed by atoms with E-state index in [1.54, 1.807) is 0 Å². The quantitative estimate of drug-likeness (QED) is 0.410. The van der Waals surface area contributed by atoms with Gasteiger partial charge < -0.3 is 0 Å². The maximum absolute atomic E-state index is 5.32. The van der Waals surface area contributed by atoms with Crippen molar-refractivity contribution >= 4 is 121 Å². The van der Waals surface area contributed by atoms with Gasteiger partial charge in [0.15, 0.2) is 0 Å². The molecule has 0 spiro atoms. The van der Waals surface area contributed by atoms with Crippen LogP contribution in [0.2, 0.25) is 0 Å². The summed E-state index contributed by atoms with van der Waals surface area (Å²) in [7, 11) is 2.10. The standard InChI is InChI=1S/C6H8NPS.2K.2H/c7-8-9-6-4-2-1-3-5-6;;;;/h1-5,9H,7H2;;;;. The van der Waals surface area contributed by atoms with E-state index in [2.05, 4.69) is 12.1 Å². The molecule has 1 rings (SSSR count). The van der Waals surface area contributed by atoms with Gasteiger partial charge in [-0.2, -0.15) is 0 Å². The number of nitrogens with two attached hydrogens (primary N) is 1. The fourth-order valence-electron chi connectivity index (χ4n) is 0.561. The molecule has 1 aromatic carbocycles. The van der Waals surface area contributed by atoms with Crippen molar-refractivity contribution in [1.29, 1.82) is 0 Å². The third-order valence-corrected chi connectivity index (χ3v) is 2.61. The predicted molar refractivity (Wildman–Crippen MR) is 58.9 cm³/mol. The third-order valence-electron chi connectivity index (χ3n) is 0.929. The molecule has 0 radical (unpaired) electrons. The van der Waals surface area contributed by atoms with Crippen LogP contribution in [0.1, 0.15) is 0 Å². The van der Waals surface area contributed by atoms with E-state index < -0.39 is 0 Å². The Labute approximate surface area is 158 Å². The minimum atomic E-state index is 0. The molecular weight excluding hydrogens is 227 g/mol. The summed E-state index contributed by atoms with van der Waals surface area (Å²) >= 11 is 0. The molecular formula is C6H10K2NPS. The molecule has 0 bridgehead atoms. The van der Waals surface area contributed by atoms with Crippen LogP contribution in [-0.4, -0.2) is 103 Å². The summed E-state index contributed by atoms with van der Waals surface area (Å²) < 4.78 is 0. The number of hydrogen-bond donors (Lipinski definition) is 2. The van der Waals surface area contributed by atoms with Gasteiger partial charge in [0.2, 0.25) is 0 Å². The van der Waals surface area contributed by atoms with Crippen LogP contribution in [0.5, 0.6) is 0 Å². The molecule has 0 heterocycles. The molecule has 0 atom stereocenters. The molecule has 0 aliphatic rings. The molecule has 52 valence electrons. The van der Waals surface area contributed by atoms with Gasteiger partial charge in [0.1, 0.15) is 0 Å². The van der Waals surface area contributed by atoms with E-state index >= 15 is 0 Å². The fraction of sp³-hybridized carbons (Fsp3) is 0. The van der Waals surface area contributed by atoms with Crippen LogP contribution < -0.4 is 5.50 Å². The van der Waals surface area contributed by atoms with Crippen molar-refractivity contribution in [3.63, 3.8) is 0 Å². The van der Waals surface area contributed by atoms with Crippen LogP contribution in [-0.2, 0) is 10.9 Å². The zero-order chi connectivity index (χ0) is 6.53. The van der Waals surface area contributed by atoms with E-state index in [0.717, 1.165) is 7.51 Å². The molecule has 0 saturated heterocycles. The van der Waals surface area contributed by atoms with E-state index in [4.69, 9.17) is 5.50 Å². The van der Waals surface area contributed by atoms with Crippen LogP contribution in [0, 0.1) is 0 Å². The maximum atomic E-state index is 5.32. The average Bonchev–Trinajstić information content (AvgIpc) is 1.91. The summed E-state index contributed by atoms with van der Waals surface area (Å²) in [6, 6.07) is 10.2. The van der Waals surface area contributed by atoms with Gasteiger partial charge in [-0.05, 0) is 12.1 Å². The van der Waals surface area contributed by atoms with E-state index in [0.29, 0.717) is 0 Å². The van der Waals surface area contributed by atoms with Gasteiger partial charge in [-0.3, -0.25) is 5.50 Å². The Hall–Kier alpha value is 3.10. The Balaban J connectivity index is 0. The van der Waals surface area contributed by atoms with Gasteiger partial charge in [-0.25, -0.2) is 0 Å². The molecule has 0 aliphatic heterocycles. The van der Waals surface area contributed by atoms with Gasteiger partial charge in [0.05, 0.1) is 0 Å². The second-order valence-corrected chi connectivity index (χ2v) is 3.79. The van der Waals surface area contributed by atoms with Gasteiger partial charge in [0.25, 0.3) is 0 Å². The normalized spacial score (nSPS) is 9.18. The second-order valence-electron chi connectivity index (χ2n) is 1.55. The Morgan fingerprint density at radius 3 is 2.09 bits per heavy atom. The number of benzene rings is 1. The molecule has 0 aromatic heterocycles. The van der Waals surface area contributed by atoms with Crippen molar-refractivity contribution < 1.29 is 0 Å². The van der Waals surface area contributed by atoms with Crippen LogP contribution in [0.4, 0.5) is 0 Å². The minimum absolute atomic E-state index is 0. The van der Waals surface area contributed by atoms with Crippen LogP contribution in [0.25, 0.3) is 0 Å². The molecule has 1 nitrogen and oxygen atoms in total. The van der Waals surface area contributed by atoms with Crippen molar-refractivity contribution in [2.45, 2.75) is 4.90 Å². The summed E-state index contributed by atoms with van der Waals surface area (Å²) in [5, 5.41) is 0. The first-order valence-corrected chi connectivity index (χ1v) is 5.16. The summed E-state index contributed by atoms with van der Waals surface area (Å²) in [4.78, 5) is 1.28. The first-order chi connectivity index (χ1) is 4.43. The predicted octanol–water partition coefficient (Wildman–Crippen LogP) is 0.298. The molecule has 0 amide bonds. The Morgan fingerprint density at radius 1 is 1.09 bits per heavy atom. The first kappa shape index (κ1) is 16.5.